The molecular weight excluding hydrogens is 274 g/mol. The molecule has 1 N–H and O–H groups in total. The lowest BCUT2D eigenvalue weighted by Crippen LogP contribution is -2.43. The third-order valence-corrected chi connectivity index (χ3v) is 4.95. The van der Waals surface area contributed by atoms with E-state index in [-0.39, 0.29) is 5.60 Å². The molecule has 1 heterocycles. The standard InChI is InChI=1S/C19H31NO2/c1-5-8-9-12-20-17-14-19(6-2,7-3)22-18-11-10-15(21-4)13-16(17)18/h10-11,13,17,20H,5-9,12,14H2,1-4H3. The number of methoxy groups -OCH3 is 1. The molecule has 1 aliphatic heterocycles. The lowest BCUT2D eigenvalue weighted by molar-refractivity contribution is 0.0226. The highest BCUT2D eigenvalue weighted by molar-refractivity contribution is 5.44. The summed E-state index contributed by atoms with van der Waals surface area (Å²) >= 11 is 0. The Morgan fingerprint density at radius 1 is 1.23 bits per heavy atom. The zero-order valence-corrected chi connectivity index (χ0v) is 14.6. The molecule has 1 unspecified atom stereocenters. The summed E-state index contributed by atoms with van der Waals surface area (Å²) in [5.74, 6) is 1.92. The predicted octanol–water partition coefficient (Wildman–Crippen LogP) is 4.86. The van der Waals surface area contributed by atoms with Gasteiger partial charge in [-0.15, -0.1) is 0 Å². The van der Waals surface area contributed by atoms with Crippen molar-refractivity contribution >= 4 is 0 Å². The zero-order valence-electron chi connectivity index (χ0n) is 14.6. The molecule has 0 aromatic heterocycles. The summed E-state index contributed by atoms with van der Waals surface area (Å²) in [7, 11) is 1.72. The topological polar surface area (TPSA) is 30.5 Å². The van der Waals surface area contributed by atoms with Crippen molar-refractivity contribution in [3.05, 3.63) is 23.8 Å². The van der Waals surface area contributed by atoms with E-state index in [0.29, 0.717) is 6.04 Å². The highest BCUT2D eigenvalue weighted by atomic mass is 16.5. The van der Waals surface area contributed by atoms with Crippen LogP contribution in [0.1, 0.15) is 70.9 Å². The first-order valence-corrected chi connectivity index (χ1v) is 8.78. The Hall–Kier alpha value is -1.22. The molecule has 0 radical (unpaired) electrons. The minimum absolute atomic E-state index is 0.0377. The highest BCUT2D eigenvalue weighted by Crippen LogP contribution is 2.43. The SMILES string of the molecule is CCCCCNC1CC(CC)(CC)Oc2ccc(OC)cc21. The van der Waals surface area contributed by atoms with E-state index in [1.54, 1.807) is 7.11 Å². The van der Waals surface area contributed by atoms with Gasteiger partial charge >= 0.3 is 0 Å². The number of rotatable bonds is 8. The summed E-state index contributed by atoms with van der Waals surface area (Å²) in [5, 5.41) is 3.75. The highest BCUT2D eigenvalue weighted by Gasteiger charge is 2.38. The summed E-state index contributed by atoms with van der Waals surface area (Å²) in [5.41, 5.74) is 1.21. The van der Waals surface area contributed by atoms with E-state index < -0.39 is 0 Å². The molecule has 0 fully saturated rings. The van der Waals surface area contributed by atoms with Crippen LogP contribution in [0.3, 0.4) is 0 Å². The van der Waals surface area contributed by atoms with Crippen LogP contribution in [0, 0.1) is 0 Å². The first kappa shape index (κ1) is 17.1. The second-order valence-electron chi connectivity index (χ2n) is 6.31. The molecule has 1 aromatic rings. The van der Waals surface area contributed by atoms with Crippen LogP contribution in [0.15, 0.2) is 18.2 Å². The average Bonchev–Trinajstić information content (AvgIpc) is 2.57. The van der Waals surface area contributed by atoms with Gasteiger partial charge in [-0.3, -0.25) is 0 Å². The van der Waals surface area contributed by atoms with Crippen molar-refractivity contribution in [1.29, 1.82) is 0 Å². The summed E-state index contributed by atoms with van der Waals surface area (Å²) in [4.78, 5) is 0. The Morgan fingerprint density at radius 3 is 2.64 bits per heavy atom. The summed E-state index contributed by atoms with van der Waals surface area (Å²) in [6.45, 7) is 7.77. The molecule has 0 spiro atoms. The molecule has 0 aliphatic carbocycles. The van der Waals surface area contributed by atoms with Crippen LogP contribution in [-0.2, 0) is 0 Å². The molecule has 1 aromatic carbocycles. The Morgan fingerprint density at radius 2 is 2.00 bits per heavy atom. The lowest BCUT2D eigenvalue weighted by atomic mass is 9.83. The normalized spacial score (nSPS) is 19.4. The molecule has 1 aliphatic rings. The Bertz CT molecular complexity index is 469. The van der Waals surface area contributed by atoms with Crippen molar-refractivity contribution in [3.63, 3.8) is 0 Å². The molecule has 1 atom stereocenters. The van der Waals surface area contributed by atoms with Gasteiger partial charge in [0, 0.05) is 18.0 Å². The predicted molar refractivity (Wildman–Crippen MR) is 91.8 cm³/mol. The molecule has 2 rings (SSSR count). The number of ether oxygens (including phenoxy) is 2. The number of nitrogens with one attached hydrogen (secondary N) is 1. The summed E-state index contributed by atoms with van der Waals surface area (Å²) in [6, 6.07) is 6.54. The molecule has 0 saturated carbocycles. The van der Waals surface area contributed by atoms with Crippen LogP contribution in [-0.4, -0.2) is 19.3 Å². The third kappa shape index (κ3) is 3.75. The maximum absolute atomic E-state index is 6.38. The first-order chi connectivity index (χ1) is 10.7. The largest absolute Gasteiger partial charge is 0.497 e. The van der Waals surface area contributed by atoms with Crippen molar-refractivity contribution in [3.8, 4) is 11.5 Å². The van der Waals surface area contributed by atoms with Crippen LogP contribution < -0.4 is 14.8 Å². The monoisotopic (exact) mass is 305 g/mol. The van der Waals surface area contributed by atoms with Crippen molar-refractivity contribution in [2.45, 2.75) is 70.9 Å². The molecular formula is C19H31NO2. The zero-order chi connectivity index (χ0) is 16.0. The van der Waals surface area contributed by atoms with Crippen LogP contribution in [0.5, 0.6) is 11.5 Å². The number of hydrogen-bond acceptors (Lipinski definition) is 3. The quantitative estimate of drug-likeness (QED) is 0.696. The van der Waals surface area contributed by atoms with Crippen LogP contribution in [0.25, 0.3) is 0 Å². The van der Waals surface area contributed by atoms with Gasteiger partial charge in [0.15, 0.2) is 0 Å². The van der Waals surface area contributed by atoms with Crippen LogP contribution in [0.2, 0.25) is 0 Å². The molecule has 0 amide bonds. The Labute approximate surface area is 135 Å². The minimum atomic E-state index is -0.0377. The fourth-order valence-electron chi connectivity index (χ4n) is 3.29. The maximum atomic E-state index is 6.38. The first-order valence-electron chi connectivity index (χ1n) is 8.78. The molecule has 0 saturated heterocycles. The van der Waals surface area contributed by atoms with E-state index in [1.165, 1.54) is 24.8 Å². The Kier molecular flexibility index (Phi) is 6.13. The summed E-state index contributed by atoms with van der Waals surface area (Å²) < 4.78 is 11.8. The number of benzene rings is 1. The van der Waals surface area contributed by atoms with Gasteiger partial charge in [-0.25, -0.2) is 0 Å². The van der Waals surface area contributed by atoms with Gasteiger partial charge in [-0.1, -0.05) is 33.6 Å². The molecule has 0 bridgehead atoms. The molecule has 22 heavy (non-hydrogen) atoms. The van der Waals surface area contributed by atoms with Gasteiger partial charge in [0.25, 0.3) is 0 Å². The average molecular weight is 305 g/mol. The number of fused-ring (bicyclic) bond motifs is 1. The smallest absolute Gasteiger partial charge is 0.125 e. The van der Waals surface area contributed by atoms with Crippen LogP contribution in [0.4, 0.5) is 0 Å². The molecule has 3 heteroatoms. The maximum Gasteiger partial charge on any atom is 0.125 e. The van der Waals surface area contributed by atoms with Gasteiger partial charge in [0.1, 0.15) is 17.1 Å². The molecule has 3 nitrogen and oxygen atoms in total. The van der Waals surface area contributed by atoms with Gasteiger partial charge in [-0.05, 0) is 44.0 Å². The fraction of sp³-hybridized carbons (Fsp3) is 0.684. The van der Waals surface area contributed by atoms with Gasteiger partial charge in [0.05, 0.1) is 7.11 Å². The second-order valence-corrected chi connectivity index (χ2v) is 6.31. The van der Waals surface area contributed by atoms with E-state index in [4.69, 9.17) is 9.47 Å². The number of hydrogen-bond donors (Lipinski definition) is 1. The van der Waals surface area contributed by atoms with E-state index in [1.807, 2.05) is 6.07 Å². The van der Waals surface area contributed by atoms with E-state index in [2.05, 4.69) is 38.2 Å². The van der Waals surface area contributed by atoms with Crippen molar-refractivity contribution in [2.24, 2.45) is 0 Å². The molecule has 124 valence electrons. The summed E-state index contributed by atoms with van der Waals surface area (Å²) in [6.07, 6.45) is 6.90. The van der Waals surface area contributed by atoms with E-state index in [0.717, 1.165) is 37.3 Å². The van der Waals surface area contributed by atoms with Crippen molar-refractivity contribution in [2.75, 3.05) is 13.7 Å². The van der Waals surface area contributed by atoms with Gasteiger partial charge in [-0.2, -0.15) is 0 Å². The fourth-order valence-corrected chi connectivity index (χ4v) is 3.29. The van der Waals surface area contributed by atoms with Gasteiger partial charge in [0.2, 0.25) is 0 Å². The Balaban J connectivity index is 2.21. The van der Waals surface area contributed by atoms with Crippen molar-refractivity contribution in [1.82, 2.24) is 5.32 Å². The van der Waals surface area contributed by atoms with E-state index >= 15 is 0 Å². The second kappa shape index (κ2) is 7.87. The minimum Gasteiger partial charge on any atom is -0.497 e. The van der Waals surface area contributed by atoms with E-state index in [9.17, 15) is 0 Å². The van der Waals surface area contributed by atoms with Crippen molar-refractivity contribution < 1.29 is 9.47 Å². The van der Waals surface area contributed by atoms with Crippen LogP contribution >= 0.6 is 0 Å². The van der Waals surface area contributed by atoms with Gasteiger partial charge < -0.3 is 14.8 Å². The lowest BCUT2D eigenvalue weighted by Gasteiger charge is -2.42. The third-order valence-electron chi connectivity index (χ3n) is 4.95. The number of unbranched alkanes of at least 4 members (excludes halogenated alkanes) is 2.